The van der Waals surface area contributed by atoms with Crippen LogP contribution < -0.4 is 15.0 Å². The number of aliphatic hydroxyl groups is 1. The van der Waals surface area contributed by atoms with Crippen LogP contribution >= 0.6 is 0 Å². The lowest BCUT2D eigenvalue weighted by Gasteiger charge is -2.38. The highest BCUT2D eigenvalue weighted by molar-refractivity contribution is 5.91. The van der Waals surface area contributed by atoms with Gasteiger partial charge in [-0.3, -0.25) is 0 Å². The summed E-state index contributed by atoms with van der Waals surface area (Å²) in [5.41, 5.74) is 3.20. The van der Waals surface area contributed by atoms with Gasteiger partial charge >= 0.3 is 5.97 Å². The van der Waals surface area contributed by atoms with Crippen molar-refractivity contribution in [3.8, 4) is 11.5 Å². The Hall–Kier alpha value is -4.29. The predicted octanol–water partition coefficient (Wildman–Crippen LogP) is 7.70. The van der Waals surface area contributed by atoms with Gasteiger partial charge in [0.05, 0.1) is 5.56 Å². The zero-order chi connectivity index (χ0) is 28.4. The Morgan fingerprint density at radius 3 is 2.33 bits per heavy atom. The molecule has 6 heteroatoms. The van der Waals surface area contributed by atoms with Crippen LogP contribution in [0.2, 0.25) is 0 Å². The van der Waals surface area contributed by atoms with E-state index in [4.69, 9.17) is 4.74 Å². The van der Waals surface area contributed by atoms with Crippen molar-refractivity contribution >= 4 is 23.0 Å². The molecule has 0 saturated heterocycles. The summed E-state index contributed by atoms with van der Waals surface area (Å²) in [4.78, 5) is 14.6. The molecule has 0 radical (unpaired) electrons. The molecule has 1 atom stereocenters. The van der Waals surface area contributed by atoms with E-state index in [-0.39, 0.29) is 5.56 Å². The molecule has 0 bridgehead atoms. The number of anilines is 3. The van der Waals surface area contributed by atoms with Gasteiger partial charge in [0.25, 0.3) is 0 Å². The van der Waals surface area contributed by atoms with Crippen molar-refractivity contribution in [1.82, 2.24) is 0 Å². The number of hydrogen-bond acceptors (Lipinski definition) is 5. The number of aromatic carboxylic acids is 1. The molecule has 0 amide bonds. The Bertz CT molecular complexity index is 1530. The molecule has 0 fully saturated rings. The largest absolute Gasteiger partial charge is 0.478 e. The quantitative estimate of drug-likeness (QED) is 0.203. The van der Waals surface area contributed by atoms with Crippen molar-refractivity contribution in [2.75, 3.05) is 23.3 Å². The second-order valence-electron chi connectivity index (χ2n) is 10.8. The molecule has 0 aliphatic carbocycles. The fraction of sp³-hybridized carbons (Fsp3) is 0.265. The molecular formula is C34H36N2O4. The number of nitrogens with zero attached hydrogens (tertiary/aromatic N) is 1. The lowest BCUT2D eigenvalue weighted by Crippen LogP contribution is -2.34. The van der Waals surface area contributed by atoms with Crippen LogP contribution in [0.4, 0.5) is 17.1 Å². The number of carbonyl (C=O) groups is 1. The molecule has 0 spiro atoms. The number of para-hydroxylation sites is 1. The Morgan fingerprint density at radius 2 is 1.62 bits per heavy atom. The second kappa shape index (κ2) is 11.1. The van der Waals surface area contributed by atoms with Crippen molar-refractivity contribution < 1.29 is 19.7 Å². The first-order chi connectivity index (χ1) is 19.2. The van der Waals surface area contributed by atoms with Crippen LogP contribution in [0.3, 0.4) is 0 Å². The molecule has 40 heavy (non-hydrogen) atoms. The first kappa shape index (κ1) is 27.3. The lowest BCUT2D eigenvalue weighted by atomic mass is 9.75. The summed E-state index contributed by atoms with van der Waals surface area (Å²) in [7, 11) is 0. The van der Waals surface area contributed by atoms with E-state index >= 15 is 0 Å². The summed E-state index contributed by atoms with van der Waals surface area (Å²) in [6, 6.07) is 26.0. The number of rotatable bonds is 9. The van der Waals surface area contributed by atoms with Gasteiger partial charge in [-0.15, -0.1) is 0 Å². The van der Waals surface area contributed by atoms with Crippen LogP contribution in [0.1, 0.15) is 59.8 Å². The highest BCUT2D eigenvalue weighted by Crippen LogP contribution is 2.53. The molecule has 5 rings (SSSR count). The number of carboxylic acids is 1. The molecule has 6 nitrogen and oxygen atoms in total. The summed E-state index contributed by atoms with van der Waals surface area (Å²) < 4.78 is 6.48. The highest BCUT2D eigenvalue weighted by atomic mass is 16.5. The van der Waals surface area contributed by atoms with E-state index in [1.165, 1.54) is 6.07 Å². The van der Waals surface area contributed by atoms with E-state index < -0.39 is 11.6 Å². The van der Waals surface area contributed by atoms with Gasteiger partial charge in [-0.05, 0) is 74.2 Å². The number of nitrogens with one attached hydrogen (secondary N) is 1. The lowest BCUT2D eigenvalue weighted by molar-refractivity contribution is 0.0676. The van der Waals surface area contributed by atoms with E-state index in [9.17, 15) is 15.0 Å². The summed E-state index contributed by atoms with van der Waals surface area (Å²) >= 11 is 0. The van der Waals surface area contributed by atoms with Crippen LogP contribution in [-0.2, 0) is 5.60 Å². The normalized spacial score (nSPS) is 15.7. The van der Waals surface area contributed by atoms with Gasteiger partial charge in [0.15, 0.2) is 0 Å². The molecule has 1 unspecified atom stereocenters. The SMILES string of the molecule is CCN(CCC(C)C)c1ccc2c(c1)Oc1cc(C)c(Nc3ccccc3)cc1C2(O)c1ccccc1C(=O)O. The molecule has 1 heterocycles. The Morgan fingerprint density at radius 1 is 0.925 bits per heavy atom. The standard InChI is InChI=1S/C34H36N2O4/c1-5-36(18-17-22(2)3)25-15-16-28-32(20-25)40-31-19-23(4)30(35-24-11-7-6-8-12-24)21-29(31)34(28,39)27-14-10-9-13-26(27)33(37)38/h6-16,19-22,35,39H,5,17-18H2,1-4H3,(H,37,38). The van der Waals surface area contributed by atoms with Crippen LogP contribution in [0.5, 0.6) is 11.5 Å². The summed E-state index contributed by atoms with van der Waals surface area (Å²) in [6.07, 6.45) is 1.06. The third kappa shape index (κ3) is 5.03. The topological polar surface area (TPSA) is 82.0 Å². The maximum Gasteiger partial charge on any atom is 0.336 e. The molecule has 3 N–H and O–H groups in total. The number of ether oxygens (including phenoxy) is 1. The van der Waals surface area contributed by atoms with Gasteiger partial charge in [-0.1, -0.05) is 50.2 Å². The zero-order valence-electron chi connectivity index (χ0n) is 23.4. The molecule has 1 aliphatic rings. The van der Waals surface area contributed by atoms with E-state index in [0.717, 1.165) is 42.1 Å². The van der Waals surface area contributed by atoms with Gasteiger partial charge in [-0.2, -0.15) is 0 Å². The van der Waals surface area contributed by atoms with Crippen molar-refractivity contribution in [3.63, 3.8) is 0 Å². The van der Waals surface area contributed by atoms with Gasteiger partial charge < -0.3 is 25.2 Å². The molecule has 4 aromatic rings. The minimum Gasteiger partial charge on any atom is -0.478 e. The zero-order valence-corrected chi connectivity index (χ0v) is 23.4. The van der Waals surface area contributed by atoms with Crippen LogP contribution in [0.25, 0.3) is 0 Å². The van der Waals surface area contributed by atoms with Crippen LogP contribution in [0.15, 0.2) is 84.9 Å². The molecular weight excluding hydrogens is 500 g/mol. The van der Waals surface area contributed by atoms with E-state index in [1.54, 1.807) is 18.2 Å². The minimum absolute atomic E-state index is 0.0399. The van der Waals surface area contributed by atoms with Crippen LogP contribution in [0, 0.1) is 12.8 Å². The Kier molecular flexibility index (Phi) is 7.55. The first-order valence-electron chi connectivity index (χ1n) is 13.8. The van der Waals surface area contributed by atoms with Crippen LogP contribution in [-0.4, -0.2) is 29.3 Å². The molecule has 0 saturated carbocycles. The summed E-state index contributed by atoms with van der Waals surface area (Å²) in [5.74, 6) is 0.484. The predicted molar refractivity (Wildman–Crippen MR) is 160 cm³/mol. The maximum absolute atomic E-state index is 12.7. The first-order valence-corrected chi connectivity index (χ1v) is 13.8. The third-order valence-corrected chi connectivity index (χ3v) is 7.61. The monoisotopic (exact) mass is 536 g/mol. The molecule has 0 aromatic heterocycles. The van der Waals surface area contributed by atoms with Gasteiger partial charge in [0, 0.05) is 52.9 Å². The van der Waals surface area contributed by atoms with Crippen molar-refractivity contribution in [2.24, 2.45) is 5.92 Å². The number of hydrogen-bond donors (Lipinski definition) is 3. The summed E-state index contributed by atoms with van der Waals surface area (Å²) in [5, 5.41) is 26.3. The molecule has 1 aliphatic heterocycles. The third-order valence-electron chi connectivity index (χ3n) is 7.61. The maximum atomic E-state index is 12.7. The van der Waals surface area contributed by atoms with Gasteiger partial charge in [0.2, 0.25) is 0 Å². The average Bonchev–Trinajstić information content (AvgIpc) is 2.94. The van der Waals surface area contributed by atoms with Crippen molar-refractivity contribution in [1.29, 1.82) is 0 Å². The second-order valence-corrected chi connectivity index (χ2v) is 10.8. The smallest absolute Gasteiger partial charge is 0.336 e. The average molecular weight is 537 g/mol. The van der Waals surface area contributed by atoms with Gasteiger partial charge in [0.1, 0.15) is 17.1 Å². The minimum atomic E-state index is -1.76. The van der Waals surface area contributed by atoms with E-state index in [0.29, 0.717) is 34.1 Å². The van der Waals surface area contributed by atoms with Crippen molar-refractivity contribution in [3.05, 3.63) is 113 Å². The fourth-order valence-corrected chi connectivity index (χ4v) is 5.37. The van der Waals surface area contributed by atoms with Gasteiger partial charge in [-0.25, -0.2) is 4.79 Å². The Labute approximate surface area is 235 Å². The Balaban J connectivity index is 1.69. The highest BCUT2D eigenvalue weighted by Gasteiger charge is 2.45. The molecule has 206 valence electrons. The molecule has 4 aromatic carbocycles. The fourth-order valence-electron chi connectivity index (χ4n) is 5.37. The van der Waals surface area contributed by atoms with E-state index in [2.05, 4.69) is 31.0 Å². The summed E-state index contributed by atoms with van der Waals surface area (Å²) in [6.45, 7) is 10.3. The number of carboxylic acid groups (broad SMARTS) is 1. The van der Waals surface area contributed by atoms with Crippen molar-refractivity contribution in [2.45, 2.75) is 39.7 Å². The van der Waals surface area contributed by atoms with E-state index in [1.807, 2.05) is 67.6 Å². The number of aryl methyl sites for hydroxylation is 1. The number of benzene rings is 4. The number of fused-ring (bicyclic) bond motifs is 2.